The molecule has 0 fully saturated rings. The fourth-order valence-corrected chi connectivity index (χ4v) is 1.96. The molecule has 0 aromatic heterocycles. The van der Waals surface area contributed by atoms with Gasteiger partial charge < -0.3 is 4.74 Å². The number of nitrogens with zero attached hydrogens (tertiary/aromatic N) is 1. The fraction of sp³-hybridized carbons (Fsp3) is 0. The van der Waals surface area contributed by atoms with Gasteiger partial charge in [-0.1, -0.05) is 17.7 Å². The summed E-state index contributed by atoms with van der Waals surface area (Å²) in [4.78, 5) is 3.60. The molecular formula is C9H6ClNO3S. The number of sulfone groups is 1. The number of benzene rings is 1. The van der Waals surface area contributed by atoms with Crippen LogP contribution in [0.5, 0.6) is 5.75 Å². The molecule has 0 amide bonds. The molecule has 0 spiro atoms. The Kier molecular flexibility index (Phi) is 2.50. The normalized spacial score (nSPS) is 17.5. The van der Waals surface area contributed by atoms with Gasteiger partial charge >= 0.3 is 5.23 Å². The summed E-state index contributed by atoms with van der Waals surface area (Å²) in [5, 5.41) is 1.12. The molecule has 0 unspecified atom stereocenters. The molecule has 0 bridgehead atoms. The first kappa shape index (κ1) is 10.2. The van der Waals surface area contributed by atoms with Crippen molar-refractivity contribution in [3.63, 3.8) is 0 Å². The van der Waals surface area contributed by atoms with Crippen LogP contribution in [-0.4, -0.2) is 13.6 Å². The largest absolute Gasteiger partial charge is 0.430 e. The summed E-state index contributed by atoms with van der Waals surface area (Å²) in [6, 6.07) is 6.44. The van der Waals surface area contributed by atoms with Crippen LogP contribution in [0.1, 0.15) is 0 Å². The van der Waals surface area contributed by atoms with Crippen LogP contribution in [0.25, 0.3) is 0 Å². The summed E-state index contributed by atoms with van der Waals surface area (Å²) in [5.74, 6) is 0.341. The minimum Gasteiger partial charge on any atom is -0.430 e. The molecule has 1 aliphatic heterocycles. The fourth-order valence-electron chi connectivity index (χ4n) is 1.02. The van der Waals surface area contributed by atoms with Gasteiger partial charge in [0.25, 0.3) is 9.84 Å². The Morgan fingerprint density at radius 1 is 1.33 bits per heavy atom. The van der Waals surface area contributed by atoms with E-state index >= 15 is 0 Å². The molecule has 15 heavy (non-hydrogen) atoms. The maximum Gasteiger partial charge on any atom is 0.319 e. The lowest BCUT2D eigenvalue weighted by Crippen LogP contribution is -2.15. The maximum absolute atomic E-state index is 11.3. The molecule has 0 atom stereocenters. The number of hydrogen-bond acceptors (Lipinski definition) is 4. The van der Waals surface area contributed by atoms with E-state index in [4.69, 9.17) is 16.3 Å². The van der Waals surface area contributed by atoms with E-state index in [1.165, 1.54) is 12.3 Å². The van der Waals surface area contributed by atoms with Gasteiger partial charge in [-0.25, -0.2) is 13.4 Å². The zero-order valence-electron chi connectivity index (χ0n) is 7.42. The molecule has 1 heterocycles. The van der Waals surface area contributed by atoms with E-state index < -0.39 is 9.84 Å². The second kappa shape index (κ2) is 3.67. The van der Waals surface area contributed by atoms with Crippen molar-refractivity contribution in [2.45, 2.75) is 0 Å². The van der Waals surface area contributed by atoms with E-state index in [-0.39, 0.29) is 5.23 Å². The predicted octanol–water partition coefficient (Wildman–Crippen LogP) is 1.97. The number of rotatable bonds is 1. The Morgan fingerprint density at radius 2 is 2.13 bits per heavy atom. The molecule has 78 valence electrons. The van der Waals surface area contributed by atoms with Crippen molar-refractivity contribution in [2.75, 3.05) is 0 Å². The van der Waals surface area contributed by atoms with Crippen LogP contribution in [0.3, 0.4) is 0 Å². The summed E-state index contributed by atoms with van der Waals surface area (Å²) in [5.41, 5.74) is 0. The highest BCUT2D eigenvalue weighted by atomic mass is 35.5. The minimum atomic E-state index is -3.49. The molecule has 0 saturated heterocycles. The van der Waals surface area contributed by atoms with Gasteiger partial charge in [0.1, 0.15) is 5.75 Å². The van der Waals surface area contributed by atoms with Crippen molar-refractivity contribution < 1.29 is 13.2 Å². The van der Waals surface area contributed by atoms with E-state index in [0.717, 1.165) is 5.41 Å². The molecule has 0 radical (unpaired) electrons. The quantitative estimate of drug-likeness (QED) is 0.758. The molecule has 1 aromatic rings. The van der Waals surface area contributed by atoms with Gasteiger partial charge in [-0.15, -0.1) is 0 Å². The van der Waals surface area contributed by atoms with Gasteiger partial charge in [0, 0.05) is 11.2 Å². The molecule has 0 aliphatic carbocycles. The average Bonchev–Trinajstić information content (AvgIpc) is 2.46. The Bertz CT molecular complexity index is 548. The highest BCUT2D eigenvalue weighted by Crippen LogP contribution is 2.19. The summed E-state index contributed by atoms with van der Waals surface area (Å²) < 4.78 is 27.6. The molecule has 0 saturated carbocycles. The SMILES string of the molecule is O=S1(=O)C=CN=C1Oc1cccc(Cl)c1. The summed E-state index contributed by atoms with van der Waals surface area (Å²) in [7, 11) is -3.49. The van der Waals surface area contributed by atoms with Crippen molar-refractivity contribution in [3.8, 4) is 5.75 Å². The van der Waals surface area contributed by atoms with E-state index in [1.54, 1.807) is 18.2 Å². The van der Waals surface area contributed by atoms with Crippen LogP contribution in [0, 0.1) is 0 Å². The molecule has 4 nitrogen and oxygen atoms in total. The standard InChI is InChI=1S/C9H6ClNO3S/c10-7-2-1-3-8(6-7)14-9-11-4-5-15(9,12)13/h1-6H. The summed E-state index contributed by atoms with van der Waals surface area (Å²) in [6.07, 6.45) is 1.18. The zero-order chi connectivity index (χ0) is 10.9. The van der Waals surface area contributed by atoms with E-state index in [1.807, 2.05) is 0 Å². The monoisotopic (exact) mass is 243 g/mol. The van der Waals surface area contributed by atoms with Crippen LogP contribution in [0.15, 0.2) is 40.9 Å². The number of ether oxygens (including phenoxy) is 1. The van der Waals surface area contributed by atoms with Crippen molar-refractivity contribution in [2.24, 2.45) is 4.99 Å². The Balaban J connectivity index is 2.25. The Morgan fingerprint density at radius 3 is 2.73 bits per heavy atom. The minimum absolute atomic E-state index is 0.329. The predicted molar refractivity (Wildman–Crippen MR) is 57.6 cm³/mol. The van der Waals surface area contributed by atoms with Crippen LogP contribution >= 0.6 is 11.6 Å². The number of halogens is 1. The van der Waals surface area contributed by atoms with E-state index in [9.17, 15) is 8.42 Å². The first-order valence-corrected chi connectivity index (χ1v) is 5.93. The second-order valence-electron chi connectivity index (χ2n) is 2.78. The zero-order valence-corrected chi connectivity index (χ0v) is 8.99. The van der Waals surface area contributed by atoms with Gasteiger partial charge in [-0.3, -0.25) is 0 Å². The van der Waals surface area contributed by atoms with Gasteiger partial charge in [-0.05, 0) is 18.2 Å². The van der Waals surface area contributed by atoms with Crippen LogP contribution in [-0.2, 0) is 9.84 Å². The molecule has 6 heteroatoms. The van der Waals surface area contributed by atoms with Gasteiger partial charge in [-0.2, -0.15) is 0 Å². The van der Waals surface area contributed by atoms with Crippen molar-refractivity contribution in [1.29, 1.82) is 0 Å². The molecule has 1 aromatic carbocycles. The van der Waals surface area contributed by atoms with Crippen LogP contribution in [0.2, 0.25) is 5.02 Å². The van der Waals surface area contributed by atoms with Gasteiger partial charge in [0.15, 0.2) is 0 Å². The summed E-state index contributed by atoms with van der Waals surface area (Å²) in [6.45, 7) is 0. The average molecular weight is 244 g/mol. The first-order chi connectivity index (χ1) is 7.08. The maximum atomic E-state index is 11.3. The molecular weight excluding hydrogens is 238 g/mol. The van der Waals surface area contributed by atoms with E-state index in [0.29, 0.717) is 10.8 Å². The lowest BCUT2D eigenvalue weighted by Gasteiger charge is -2.03. The topological polar surface area (TPSA) is 55.7 Å². The third-order valence-electron chi connectivity index (χ3n) is 1.66. The van der Waals surface area contributed by atoms with Crippen molar-refractivity contribution in [1.82, 2.24) is 0 Å². The second-order valence-corrected chi connectivity index (χ2v) is 4.93. The van der Waals surface area contributed by atoms with Gasteiger partial charge in [0.2, 0.25) is 0 Å². The van der Waals surface area contributed by atoms with Crippen LogP contribution < -0.4 is 4.74 Å². The van der Waals surface area contributed by atoms with Crippen molar-refractivity contribution in [3.05, 3.63) is 40.9 Å². The number of aliphatic imine (C=N–C) groups is 1. The third-order valence-corrected chi connectivity index (χ3v) is 3.06. The van der Waals surface area contributed by atoms with E-state index in [2.05, 4.69) is 4.99 Å². The van der Waals surface area contributed by atoms with Gasteiger partial charge in [0.05, 0.1) is 5.41 Å². The Labute approximate surface area is 91.8 Å². The lowest BCUT2D eigenvalue weighted by atomic mass is 10.3. The van der Waals surface area contributed by atoms with Crippen LogP contribution in [0.4, 0.5) is 0 Å². The molecule has 1 aliphatic rings. The van der Waals surface area contributed by atoms with Crippen molar-refractivity contribution >= 4 is 26.7 Å². The highest BCUT2D eigenvalue weighted by Gasteiger charge is 2.22. The molecule has 0 N–H and O–H groups in total. The number of hydrogen-bond donors (Lipinski definition) is 0. The smallest absolute Gasteiger partial charge is 0.319 e. The first-order valence-electron chi connectivity index (χ1n) is 4.01. The third kappa shape index (κ3) is 2.19. The Hall–Kier alpha value is -1.33. The molecule has 2 rings (SSSR count). The lowest BCUT2D eigenvalue weighted by molar-refractivity contribution is 0.550. The highest BCUT2D eigenvalue weighted by molar-refractivity contribution is 8.08. The summed E-state index contributed by atoms with van der Waals surface area (Å²) >= 11 is 5.72.